The van der Waals surface area contributed by atoms with Gasteiger partial charge in [-0.15, -0.1) is 0 Å². The third-order valence-electron chi connectivity index (χ3n) is 5.25. The molecule has 0 heterocycles. The van der Waals surface area contributed by atoms with Crippen molar-refractivity contribution >= 4 is 20.8 Å². The molecular weight excluding hydrogens is 456 g/mol. The maximum atomic E-state index is 8.74. The summed E-state index contributed by atoms with van der Waals surface area (Å²) in [7, 11) is -9.33. The Morgan fingerprint density at radius 2 is 0.719 bits per heavy atom. The van der Waals surface area contributed by atoms with Gasteiger partial charge in [0, 0.05) is 0 Å². The lowest BCUT2D eigenvalue weighted by Gasteiger charge is -2.07. The van der Waals surface area contributed by atoms with Gasteiger partial charge < -0.3 is 0 Å². The van der Waals surface area contributed by atoms with E-state index >= 15 is 0 Å². The van der Waals surface area contributed by atoms with Gasteiger partial charge in [0.2, 0.25) is 0 Å². The summed E-state index contributed by atoms with van der Waals surface area (Å²) in [6.45, 7) is 7.01. The van der Waals surface area contributed by atoms with Gasteiger partial charge in [-0.1, -0.05) is 136 Å². The largest absolute Gasteiger partial charge is 0.394 e. The van der Waals surface area contributed by atoms with Crippen molar-refractivity contribution in [1.29, 1.82) is 0 Å². The third-order valence-corrected chi connectivity index (χ3v) is 5.25. The highest BCUT2D eigenvalue weighted by Crippen LogP contribution is 2.16. The van der Waals surface area contributed by atoms with E-state index in [0.29, 0.717) is 0 Å². The van der Waals surface area contributed by atoms with E-state index in [1.54, 1.807) is 0 Å². The Labute approximate surface area is 198 Å². The van der Waals surface area contributed by atoms with Crippen molar-refractivity contribution in [3.8, 4) is 0 Å². The molecule has 10 heteroatoms. The van der Waals surface area contributed by atoms with Gasteiger partial charge in [-0.25, -0.2) is 0 Å². The van der Waals surface area contributed by atoms with Crippen molar-refractivity contribution in [3.05, 3.63) is 0 Å². The maximum absolute atomic E-state index is 8.74. The standard InChI is InChI=1S/C22H46.2H2O4S/c1-4-6-7-8-9-10-11-12-13-14-15-16-17-18-19-20-21-22(3)5-2;2*1-5(2,3)4/h22H,4-21H2,1-3H3;2*(H2,1,2,3,4). The van der Waals surface area contributed by atoms with E-state index in [2.05, 4.69) is 20.8 Å². The molecule has 0 rings (SSSR count). The molecule has 0 aliphatic rings. The van der Waals surface area contributed by atoms with E-state index < -0.39 is 20.8 Å². The fourth-order valence-electron chi connectivity index (χ4n) is 3.25. The van der Waals surface area contributed by atoms with E-state index in [1.165, 1.54) is 116 Å². The van der Waals surface area contributed by atoms with Crippen LogP contribution in [-0.2, 0) is 20.8 Å². The molecule has 32 heavy (non-hydrogen) atoms. The first-order valence-electron chi connectivity index (χ1n) is 12.2. The molecule has 0 aliphatic carbocycles. The number of rotatable bonds is 18. The minimum atomic E-state index is -4.67. The second kappa shape index (κ2) is 25.4. The molecule has 0 fully saturated rings. The van der Waals surface area contributed by atoms with Crippen molar-refractivity contribution in [2.24, 2.45) is 5.92 Å². The molecule has 0 aromatic carbocycles. The zero-order valence-electron chi connectivity index (χ0n) is 20.5. The zero-order chi connectivity index (χ0) is 25.3. The summed E-state index contributed by atoms with van der Waals surface area (Å²) in [5, 5.41) is 0. The van der Waals surface area contributed by atoms with Crippen LogP contribution in [-0.4, -0.2) is 35.0 Å². The molecule has 0 radical (unpaired) electrons. The third kappa shape index (κ3) is 63.0. The van der Waals surface area contributed by atoms with Crippen LogP contribution in [0.1, 0.15) is 136 Å². The lowest BCUT2D eigenvalue weighted by atomic mass is 9.99. The molecule has 0 aromatic rings. The molecule has 0 bridgehead atoms. The van der Waals surface area contributed by atoms with Crippen LogP contribution in [0.15, 0.2) is 0 Å². The Balaban J connectivity index is -0.000000695. The normalized spacial score (nSPS) is 12.3. The fraction of sp³-hybridized carbons (Fsp3) is 1.00. The topological polar surface area (TPSA) is 149 Å². The van der Waals surface area contributed by atoms with Crippen LogP contribution in [0, 0.1) is 5.92 Å². The Morgan fingerprint density at radius 1 is 0.500 bits per heavy atom. The Morgan fingerprint density at radius 3 is 0.938 bits per heavy atom. The van der Waals surface area contributed by atoms with E-state index in [9.17, 15) is 0 Å². The van der Waals surface area contributed by atoms with Crippen LogP contribution < -0.4 is 0 Å². The molecule has 4 N–H and O–H groups in total. The van der Waals surface area contributed by atoms with Gasteiger partial charge in [0.1, 0.15) is 0 Å². The van der Waals surface area contributed by atoms with Crippen LogP contribution in [0.25, 0.3) is 0 Å². The monoisotopic (exact) mass is 506 g/mol. The average Bonchev–Trinajstić information content (AvgIpc) is 2.64. The van der Waals surface area contributed by atoms with Gasteiger partial charge in [0.05, 0.1) is 0 Å². The first kappa shape index (κ1) is 36.3. The smallest absolute Gasteiger partial charge is 0.264 e. The van der Waals surface area contributed by atoms with Gasteiger partial charge >= 0.3 is 20.8 Å². The molecule has 0 saturated carbocycles. The molecule has 0 aliphatic heterocycles. The SMILES string of the molecule is CCCCCCCCCCCCCCCCCCC(C)CC.O=S(=O)(O)O.O=S(=O)(O)O. The van der Waals surface area contributed by atoms with E-state index in [4.69, 9.17) is 35.0 Å². The van der Waals surface area contributed by atoms with Crippen molar-refractivity contribution in [2.75, 3.05) is 0 Å². The maximum Gasteiger partial charge on any atom is 0.394 e. The minimum absolute atomic E-state index is 0.951. The summed E-state index contributed by atoms with van der Waals surface area (Å²) in [5.74, 6) is 0.951. The van der Waals surface area contributed by atoms with Crippen LogP contribution in [0.2, 0.25) is 0 Å². The molecule has 0 amide bonds. The van der Waals surface area contributed by atoms with E-state index in [1.807, 2.05) is 0 Å². The highest BCUT2D eigenvalue weighted by molar-refractivity contribution is 7.80. The summed E-state index contributed by atoms with van der Waals surface area (Å²) in [6, 6.07) is 0. The van der Waals surface area contributed by atoms with E-state index in [0.717, 1.165) is 5.92 Å². The lowest BCUT2D eigenvalue weighted by Crippen LogP contribution is -1.91. The summed E-state index contributed by atoms with van der Waals surface area (Å²) in [6.07, 6.45) is 26.4. The second-order valence-corrected chi connectivity index (χ2v) is 10.3. The predicted octanol–water partition coefficient (Wildman–Crippen LogP) is 7.38. The Hall–Kier alpha value is -0.260. The quantitative estimate of drug-likeness (QED) is 0.111. The number of unbranched alkanes of at least 4 members (excludes halogenated alkanes) is 15. The molecular formula is C22H50O8S2. The molecule has 1 atom stereocenters. The van der Waals surface area contributed by atoms with Crippen LogP contribution in [0.3, 0.4) is 0 Å². The van der Waals surface area contributed by atoms with Crippen LogP contribution >= 0.6 is 0 Å². The highest BCUT2D eigenvalue weighted by Gasteiger charge is 1.98. The van der Waals surface area contributed by atoms with Crippen molar-refractivity contribution in [3.63, 3.8) is 0 Å². The number of hydrogen-bond acceptors (Lipinski definition) is 4. The summed E-state index contributed by atoms with van der Waals surface area (Å²) < 4.78 is 63.2. The average molecular weight is 507 g/mol. The van der Waals surface area contributed by atoms with Gasteiger partial charge in [-0.05, 0) is 5.92 Å². The van der Waals surface area contributed by atoms with Gasteiger partial charge in [-0.3, -0.25) is 18.2 Å². The highest BCUT2D eigenvalue weighted by atomic mass is 32.3. The molecule has 1 unspecified atom stereocenters. The molecule has 198 valence electrons. The summed E-state index contributed by atoms with van der Waals surface area (Å²) in [5.41, 5.74) is 0. The van der Waals surface area contributed by atoms with Gasteiger partial charge in [0.15, 0.2) is 0 Å². The van der Waals surface area contributed by atoms with Crippen molar-refractivity contribution < 1.29 is 35.0 Å². The summed E-state index contributed by atoms with van der Waals surface area (Å²) in [4.78, 5) is 0. The minimum Gasteiger partial charge on any atom is -0.264 e. The van der Waals surface area contributed by atoms with Gasteiger partial charge in [-0.2, -0.15) is 16.8 Å². The van der Waals surface area contributed by atoms with E-state index in [-0.39, 0.29) is 0 Å². The molecule has 8 nitrogen and oxygen atoms in total. The lowest BCUT2D eigenvalue weighted by molar-refractivity contribution is 0.378. The van der Waals surface area contributed by atoms with Crippen LogP contribution in [0.4, 0.5) is 0 Å². The van der Waals surface area contributed by atoms with Gasteiger partial charge in [0.25, 0.3) is 0 Å². The first-order valence-corrected chi connectivity index (χ1v) is 15.0. The molecule has 0 spiro atoms. The predicted molar refractivity (Wildman–Crippen MR) is 132 cm³/mol. The molecule has 0 saturated heterocycles. The second-order valence-electron chi connectivity index (χ2n) is 8.50. The molecule has 0 aromatic heterocycles. The van der Waals surface area contributed by atoms with Crippen molar-refractivity contribution in [2.45, 2.75) is 136 Å². The Kier molecular flexibility index (Phi) is 28.8. The first-order chi connectivity index (χ1) is 14.8. The van der Waals surface area contributed by atoms with Crippen LogP contribution in [0.5, 0.6) is 0 Å². The summed E-state index contributed by atoms with van der Waals surface area (Å²) >= 11 is 0. The number of hydrogen-bond donors (Lipinski definition) is 4. The fourth-order valence-corrected chi connectivity index (χ4v) is 3.25. The Bertz CT molecular complexity index is 516. The zero-order valence-corrected chi connectivity index (χ0v) is 22.2. The van der Waals surface area contributed by atoms with Crippen molar-refractivity contribution in [1.82, 2.24) is 0 Å².